The summed E-state index contributed by atoms with van der Waals surface area (Å²) < 4.78 is 34.5. The van der Waals surface area contributed by atoms with Gasteiger partial charge in [0.15, 0.2) is 18.9 Å². The average molecular weight is 1490 g/mol. The van der Waals surface area contributed by atoms with Crippen molar-refractivity contribution in [3.8, 4) is 0 Å². The van der Waals surface area contributed by atoms with Crippen LogP contribution in [0, 0.1) is 0 Å². The minimum absolute atomic E-state index is 0.241. The van der Waals surface area contributed by atoms with Crippen LogP contribution in [0.15, 0.2) is 24.3 Å². The first kappa shape index (κ1) is 96.5. The van der Waals surface area contributed by atoms with E-state index < -0.39 is 124 Å². The molecule has 3 aliphatic rings. The maximum atomic E-state index is 13.5. The van der Waals surface area contributed by atoms with Crippen LogP contribution in [0.3, 0.4) is 0 Å². The predicted molar refractivity (Wildman–Crippen MR) is 416 cm³/mol. The molecule has 0 aromatic carbocycles. The van der Waals surface area contributed by atoms with Gasteiger partial charge in [0, 0.05) is 6.42 Å². The largest absolute Gasteiger partial charge is 0.394 e. The average Bonchev–Trinajstić information content (AvgIpc) is 0.783. The second-order valence-corrected chi connectivity index (χ2v) is 31.4. The van der Waals surface area contributed by atoms with E-state index in [1.54, 1.807) is 6.08 Å². The van der Waals surface area contributed by atoms with Gasteiger partial charge in [-0.15, -0.1) is 0 Å². The molecule has 12 N–H and O–H groups in total. The molecule has 0 radical (unpaired) electrons. The lowest BCUT2D eigenvalue weighted by Gasteiger charge is -2.48. The van der Waals surface area contributed by atoms with Crippen LogP contribution in [0.4, 0.5) is 0 Å². The Morgan fingerprint density at radius 3 is 0.962 bits per heavy atom. The second-order valence-electron chi connectivity index (χ2n) is 31.4. The van der Waals surface area contributed by atoms with E-state index in [4.69, 9.17) is 28.4 Å². The Morgan fingerprint density at radius 1 is 0.337 bits per heavy atom. The van der Waals surface area contributed by atoms with Crippen LogP contribution in [0.1, 0.15) is 380 Å². The Morgan fingerprint density at radius 2 is 0.615 bits per heavy atom. The Bertz CT molecular complexity index is 1970. The van der Waals surface area contributed by atoms with E-state index in [9.17, 15) is 61.0 Å². The molecule has 19 nitrogen and oxygen atoms in total. The Hall–Kier alpha value is -1.73. The van der Waals surface area contributed by atoms with Crippen molar-refractivity contribution < 1.29 is 89.4 Å². The zero-order valence-electron chi connectivity index (χ0n) is 66.0. The molecule has 614 valence electrons. The number of allylic oxidation sites excluding steroid dienone is 3. The van der Waals surface area contributed by atoms with Gasteiger partial charge in [-0.3, -0.25) is 4.79 Å². The summed E-state index contributed by atoms with van der Waals surface area (Å²) in [6.07, 6.45) is 54.8. The van der Waals surface area contributed by atoms with Crippen molar-refractivity contribution in [3.63, 3.8) is 0 Å². The smallest absolute Gasteiger partial charge is 0.220 e. The van der Waals surface area contributed by atoms with Gasteiger partial charge in [0.1, 0.15) is 73.2 Å². The quantitative estimate of drug-likeness (QED) is 0.0199. The maximum absolute atomic E-state index is 13.5. The van der Waals surface area contributed by atoms with Crippen molar-refractivity contribution in [3.05, 3.63) is 24.3 Å². The van der Waals surface area contributed by atoms with Crippen molar-refractivity contribution in [1.82, 2.24) is 5.32 Å². The summed E-state index contributed by atoms with van der Waals surface area (Å²) in [6.45, 7) is 1.79. The molecule has 17 atom stereocenters. The summed E-state index contributed by atoms with van der Waals surface area (Å²) in [5, 5.41) is 121. The topological polar surface area (TPSA) is 307 Å². The van der Waals surface area contributed by atoms with Gasteiger partial charge in [0.25, 0.3) is 0 Å². The Balaban J connectivity index is 1.35. The number of carbonyl (C=O) groups excluding carboxylic acids is 1. The van der Waals surface area contributed by atoms with Gasteiger partial charge in [-0.25, -0.2) is 0 Å². The molecule has 0 aromatic rings. The first-order valence-electron chi connectivity index (χ1n) is 43.6. The lowest BCUT2D eigenvalue weighted by atomic mass is 9.96. The highest BCUT2D eigenvalue weighted by molar-refractivity contribution is 5.76. The van der Waals surface area contributed by atoms with E-state index in [0.29, 0.717) is 12.8 Å². The molecule has 3 aliphatic heterocycles. The summed E-state index contributed by atoms with van der Waals surface area (Å²) >= 11 is 0. The minimum Gasteiger partial charge on any atom is -0.394 e. The van der Waals surface area contributed by atoms with E-state index in [2.05, 4.69) is 31.3 Å². The normalized spacial score (nSPS) is 26.0. The first-order chi connectivity index (χ1) is 50.8. The van der Waals surface area contributed by atoms with Gasteiger partial charge < -0.3 is 89.9 Å². The van der Waals surface area contributed by atoms with Crippen LogP contribution in [-0.4, -0.2) is 193 Å². The lowest BCUT2D eigenvalue weighted by molar-refractivity contribution is -0.379. The van der Waals surface area contributed by atoms with E-state index >= 15 is 0 Å². The van der Waals surface area contributed by atoms with Crippen LogP contribution >= 0.6 is 0 Å². The maximum Gasteiger partial charge on any atom is 0.220 e. The summed E-state index contributed by atoms with van der Waals surface area (Å²) in [4.78, 5) is 13.5. The molecule has 0 saturated carbocycles. The van der Waals surface area contributed by atoms with E-state index in [0.717, 1.165) is 38.5 Å². The molecule has 3 rings (SSSR count). The minimum atomic E-state index is -1.98. The van der Waals surface area contributed by atoms with E-state index in [-0.39, 0.29) is 18.9 Å². The summed E-state index contributed by atoms with van der Waals surface area (Å²) in [5.41, 5.74) is 0. The molecule has 3 heterocycles. The third-order valence-corrected chi connectivity index (χ3v) is 22.0. The number of nitrogens with one attached hydrogen (secondary N) is 1. The molecule has 3 saturated heterocycles. The number of aliphatic hydroxyl groups excluding tert-OH is 11. The molecule has 0 bridgehead atoms. The fourth-order valence-corrected chi connectivity index (χ4v) is 15.0. The molecule has 0 spiro atoms. The number of carbonyl (C=O) groups is 1. The third-order valence-electron chi connectivity index (χ3n) is 22.0. The number of rotatable bonds is 71. The van der Waals surface area contributed by atoms with Crippen molar-refractivity contribution in [1.29, 1.82) is 0 Å². The molecule has 0 aromatic heterocycles. The van der Waals surface area contributed by atoms with Crippen LogP contribution < -0.4 is 5.32 Å². The molecular formula is C85H161NO18. The SMILES string of the molecule is CCCCCCCCCCCCCCCCCCCCCCCCCC/C=C/CC/C=C/C(O)C(COC1OC(CO)C(OC2OC(CO)C(OC3OC(CO)C(O)C(O)C3O)C(O)C2O)C(O)C1O)NC(=O)CCCCCCCCCCCCCCCCCCCCCCCCCCCCCCC. The standard InChI is InChI=1S/C85H161NO18/c1-3-5-7-9-11-13-15-17-19-21-23-25-27-29-31-33-35-36-38-40-42-44-46-48-50-52-54-56-58-60-62-69(90)68(86-73(91)63-61-59-57-55-53-51-49-47-45-43-41-39-37-34-32-30-28-26-24-22-20-18-16-14-12-10-8-6-4-2)67-99-83-79(97)76(94)81(71(65-88)101-83)104-85-80(98)77(95)82(72(66-89)102-85)103-84-78(96)75(93)74(92)70(64-87)100-84/h52,54,60,62,68-72,74-85,87-90,92-98H,3-51,53,55-59,61,63-67H2,1-2H3,(H,86,91)/b54-52+,62-60+. The highest BCUT2D eigenvalue weighted by Crippen LogP contribution is 2.34. The monoisotopic (exact) mass is 1480 g/mol. The van der Waals surface area contributed by atoms with Gasteiger partial charge in [-0.1, -0.05) is 366 Å². The molecule has 0 aliphatic carbocycles. The van der Waals surface area contributed by atoms with Gasteiger partial charge in [0.05, 0.1) is 38.6 Å². The number of aliphatic hydroxyl groups is 11. The van der Waals surface area contributed by atoms with Crippen molar-refractivity contribution >= 4 is 5.91 Å². The Kier molecular flexibility index (Phi) is 61.2. The zero-order valence-corrected chi connectivity index (χ0v) is 66.0. The number of hydrogen-bond donors (Lipinski definition) is 12. The summed E-state index contributed by atoms with van der Waals surface area (Å²) in [5.74, 6) is -0.276. The zero-order chi connectivity index (χ0) is 75.3. The summed E-state index contributed by atoms with van der Waals surface area (Å²) in [6, 6.07) is -0.989. The van der Waals surface area contributed by atoms with Gasteiger partial charge in [0.2, 0.25) is 5.91 Å². The van der Waals surface area contributed by atoms with Crippen LogP contribution in [0.25, 0.3) is 0 Å². The molecule has 104 heavy (non-hydrogen) atoms. The lowest BCUT2D eigenvalue weighted by Crippen LogP contribution is -2.66. The number of ether oxygens (including phenoxy) is 6. The van der Waals surface area contributed by atoms with Gasteiger partial charge >= 0.3 is 0 Å². The fraction of sp³-hybridized carbons (Fsp3) is 0.941. The van der Waals surface area contributed by atoms with Crippen LogP contribution in [-0.2, 0) is 33.2 Å². The number of amides is 1. The van der Waals surface area contributed by atoms with Gasteiger partial charge in [-0.05, 0) is 32.1 Å². The highest BCUT2D eigenvalue weighted by atomic mass is 16.8. The number of unbranched alkanes of at least 4 members (excludes halogenated alkanes) is 53. The fourth-order valence-electron chi connectivity index (χ4n) is 15.0. The van der Waals surface area contributed by atoms with Crippen LogP contribution in [0.2, 0.25) is 0 Å². The number of hydrogen-bond acceptors (Lipinski definition) is 18. The summed E-state index contributed by atoms with van der Waals surface area (Å²) in [7, 11) is 0. The van der Waals surface area contributed by atoms with Crippen molar-refractivity contribution in [2.75, 3.05) is 26.4 Å². The molecule has 19 heteroatoms. The molecule has 3 fully saturated rings. The molecule has 17 unspecified atom stereocenters. The molecule has 1 amide bonds. The first-order valence-corrected chi connectivity index (χ1v) is 43.6. The van der Waals surface area contributed by atoms with Gasteiger partial charge in [-0.2, -0.15) is 0 Å². The van der Waals surface area contributed by atoms with E-state index in [1.165, 1.54) is 308 Å². The third kappa shape index (κ3) is 44.9. The van der Waals surface area contributed by atoms with Crippen molar-refractivity contribution in [2.45, 2.75) is 484 Å². The Labute approximate surface area is 632 Å². The molecular weight excluding hydrogens is 1320 g/mol. The highest BCUT2D eigenvalue weighted by Gasteiger charge is 2.54. The van der Waals surface area contributed by atoms with E-state index in [1.807, 2.05) is 6.08 Å². The van der Waals surface area contributed by atoms with Crippen molar-refractivity contribution in [2.24, 2.45) is 0 Å². The predicted octanol–water partition coefficient (Wildman–Crippen LogP) is 15.7. The second kappa shape index (κ2) is 65.9. The van der Waals surface area contributed by atoms with Crippen LogP contribution in [0.5, 0.6) is 0 Å².